The number of hydrogen-bond acceptors (Lipinski definition) is 6. The number of nitrogens with two attached hydrogens (primary N) is 1. The van der Waals surface area contributed by atoms with Crippen LogP contribution >= 0.6 is 15.9 Å². The third kappa shape index (κ3) is 5.32. The second-order valence-corrected chi connectivity index (χ2v) is 10.4. The van der Waals surface area contributed by atoms with Gasteiger partial charge in [0.15, 0.2) is 5.69 Å². The summed E-state index contributed by atoms with van der Waals surface area (Å²) in [6, 6.07) is 9.63. The van der Waals surface area contributed by atoms with E-state index in [1.54, 1.807) is 18.2 Å². The molecule has 0 radical (unpaired) electrons. The van der Waals surface area contributed by atoms with E-state index >= 15 is 0 Å². The fourth-order valence-corrected chi connectivity index (χ4v) is 5.27. The fourth-order valence-electron chi connectivity index (χ4n) is 4.93. The van der Waals surface area contributed by atoms with Crippen molar-refractivity contribution in [1.29, 1.82) is 0 Å². The number of carbonyl (C=O) groups excluding carboxylic acids is 3. The molecule has 0 saturated carbocycles. The van der Waals surface area contributed by atoms with Crippen LogP contribution in [0, 0.1) is 0 Å². The van der Waals surface area contributed by atoms with Crippen molar-refractivity contribution in [3.05, 3.63) is 58.3 Å². The van der Waals surface area contributed by atoms with Crippen LogP contribution in [0.1, 0.15) is 28.9 Å². The molecule has 0 bridgehead atoms. The molecule has 38 heavy (non-hydrogen) atoms. The highest BCUT2D eigenvalue weighted by atomic mass is 79.9. The Labute approximate surface area is 226 Å². The standard InChI is InChI=1S/C26H27BrFN7O3/c1-33-9-7-15(8-10-33)16-5-6-19-18(11-16)24(25(29)37)32-35(19)14-23(36)34-13-17(28)12-20(34)26(38)31-22-4-2-3-21(27)30-22/h2-7,11,17,20H,8-10,12-14H2,1H3,(H2,29,37)(H,30,31,38). The number of pyridine rings is 1. The van der Waals surface area contributed by atoms with E-state index in [0.29, 0.717) is 21.3 Å². The number of rotatable bonds is 6. The number of anilines is 1. The number of nitrogens with one attached hydrogen (secondary N) is 1. The van der Waals surface area contributed by atoms with Crippen molar-refractivity contribution in [2.45, 2.75) is 31.6 Å². The Morgan fingerprint density at radius 2 is 2.05 bits per heavy atom. The lowest BCUT2D eigenvalue weighted by atomic mass is 9.98. The van der Waals surface area contributed by atoms with E-state index in [1.807, 2.05) is 18.2 Å². The first-order chi connectivity index (χ1) is 18.2. The molecular weight excluding hydrogens is 557 g/mol. The van der Waals surface area contributed by atoms with Crippen LogP contribution in [-0.2, 0) is 16.1 Å². The van der Waals surface area contributed by atoms with E-state index in [4.69, 9.17) is 5.73 Å². The van der Waals surface area contributed by atoms with Crippen molar-refractivity contribution in [1.82, 2.24) is 24.6 Å². The minimum absolute atomic E-state index is 0.0583. The molecule has 3 amide bonds. The third-order valence-electron chi connectivity index (χ3n) is 6.89. The number of amides is 3. The molecule has 1 fully saturated rings. The second-order valence-electron chi connectivity index (χ2n) is 9.57. The Kier molecular flexibility index (Phi) is 7.26. The molecule has 198 valence electrons. The summed E-state index contributed by atoms with van der Waals surface area (Å²) in [6.45, 7) is 1.28. The second kappa shape index (κ2) is 10.6. The monoisotopic (exact) mass is 583 g/mol. The Hall–Kier alpha value is -3.64. The number of aromatic nitrogens is 3. The molecular formula is C26H27BrFN7O3. The fraction of sp³-hybridized carbons (Fsp3) is 0.346. The number of likely N-dealkylation sites (N-methyl/N-ethyl adjacent to an activating group) is 1. The largest absolute Gasteiger partial charge is 0.364 e. The van der Waals surface area contributed by atoms with Gasteiger partial charge >= 0.3 is 0 Å². The molecule has 2 aliphatic heterocycles. The molecule has 2 aromatic heterocycles. The average Bonchev–Trinajstić information content (AvgIpc) is 3.45. The molecule has 10 nitrogen and oxygen atoms in total. The Bertz CT molecular complexity index is 1460. The highest BCUT2D eigenvalue weighted by Gasteiger charge is 2.40. The predicted molar refractivity (Wildman–Crippen MR) is 144 cm³/mol. The first-order valence-corrected chi connectivity index (χ1v) is 13.0. The van der Waals surface area contributed by atoms with Crippen molar-refractivity contribution >= 4 is 55.9 Å². The summed E-state index contributed by atoms with van der Waals surface area (Å²) in [6.07, 6.45) is 1.56. The van der Waals surface area contributed by atoms with Gasteiger partial charge in [0.1, 0.15) is 29.2 Å². The van der Waals surface area contributed by atoms with E-state index in [9.17, 15) is 18.8 Å². The normalized spacial score (nSPS) is 20.0. The molecule has 0 spiro atoms. The molecule has 2 atom stereocenters. The van der Waals surface area contributed by atoms with Gasteiger partial charge in [0, 0.05) is 24.9 Å². The van der Waals surface area contributed by atoms with Crippen LogP contribution in [0.2, 0.25) is 0 Å². The zero-order valence-electron chi connectivity index (χ0n) is 20.7. The maximum Gasteiger partial charge on any atom is 0.269 e. The van der Waals surface area contributed by atoms with Crippen LogP contribution in [-0.4, -0.2) is 81.2 Å². The minimum Gasteiger partial charge on any atom is -0.364 e. The molecule has 0 aliphatic carbocycles. The van der Waals surface area contributed by atoms with Gasteiger partial charge in [-0.05, 0) is 64.8 Å². The number of hydrogen-bond donors (Lipinski definition) is 2. The van der Waals surface area contributed by atoms with Crippen LogP contribution in [0.5, 0.6) is 0 Å². The van der Waals surface area contributed by atoms with Gasteiger partial charge in [-0.1, -0.05) is 18.2 Å². The topological polar surface area (TPSA) is 126 Å². The Morgan fingerprint density at radius 3 is 2.76 bits per heavy atom. The van der Waals surface area contributed by atoms with E-state index in [1.165, 1.54) is 15.2 Å². The highest BCUT2D eigenvalue weighted by Crippen LogP contribution is 2.28. The summed E-state index contributed by atoms with van der Waals surface area (Å²) in [5.41, 5.74) is 8.37. The van der Waals surface area contributed by atoms with Gasteiger partial charge < -0.3 is 20.9 Å². The number of primary amides is 1. The maximum atomic E-state index is 14.4. The SMILES string of the molecule is CN1CC=C(c2ccc3c(c2)c(C(N)=O)nn3CC(=O)N2CC(F)CC2C(=O)Nc2cccc(Br)n2)CC1. The summed E-state index contributed by atoms with van der Waals surface area (Å²) in [7, 11) is 2.06. The van der Waals surface area contributed by atoms with Crippen LogP contribution in [0.25, 0.3) is 16.5 Å². The number of halogens is 2. The molecule has 3 aromatic rings. The van der Waals surface area contributed by atoms with Crippen LogP contribution in [0.4, 0.5) is 10.2 Å². The van der Waals surface area contributed by atoms with Gasteiger partial charge in [-0.3, -0.25) is 19.1 Å². The van der Waals surface area contributed by atoms with Gasteiger partial charge in [-0.25, -0.2) is 9.37 Å². The molecule has 2 unspecified atom stereocenters. The molecule has 1 saturated heterocycles. The van der Waals surface area contributed by atoms with Crippen LogP contribution in [0.15, 0.2) is 47.1 Å². The first kappa shape index (κ1) is 26.0. The van der Waals surface area contributed by atoms with E-state index < -0.39 is 29.9 Å². The lowest BCUT2D eigenvalue weighted by Gasteiger charge is -2.23. The average molecular weight is 584 g/mol. The lowest BCUT2D eigenvalue weighted by molar-refractivity contribution is -0.137. The highest BCUT2D eigenvalue weighted by molar-refractivity contribution is 9.10. The van der Waals surface area contributed by atoms with Crippen molar-refractivity contribution in [2.24, 2.45) is 5.73 Å². The van der Waals surface area contributed by atoms with Gasteiger partial charge in [0.25, 0.3) is 5.91 Å². The lowest BCUT2D eigenvalue weighted by Crippen LogP contribution is -2.44. The first-order valence-electron chi connectivity index (χ1n) is 12.2. The van der Waals surface area contributed by atoms with Crippen molar-refractivity contribution in [3.8, 4) is 0 Å². The van der Waals surface area contributed by atoms with E-state index in [-0.39, 0.29) is 25.2 Å². The molecule has 5 rings (SSSR count). The number of fused-ring (bicyclic) bond motifs is 1. The van der Waals surface area contributed by atoms with Crippen molar-refractivity contribution in [3.63, 3.8) is 0 Å². The van der Waals surface area contributed by atoms with Crippen molar-refractivity contribution < 1.29 is 18.8 Å². The van der Waals surface area contributed by atoms with Gasteiger partial charge in [-0.2, -0.15) is 5.10 Å². The summed E-state index contributed by atoms with van der Waals surface area (Å²) < 4.78 is 16.3. The van der Waals surface area contributed by atoms with Crippen LogP contribution < -0.4 is 11.1 Å². The van der Waals surface area contributed by atoms with E-state index in [0.717, 1.165) is 25.1 Å². The van der Waals surface area contributed by atoms with E-state index in [2.05, 4.69) is 49.4 Å². The van der Waals surface area contributed by atoms with Gasteiger partial charge in [-0.15, -0.1) is 0 Å². The molecule has 1 aromatic carbocycles. The summed E-state index contributed by atoms with van der Waals surface area (Å²) in [5, 5.41) is 7.52. The van der Waals surface area contributed by atoms with Crippen molar-refractivity contribution in [2.75, 3.05) is 32.0 Å². The zero-order chi connectivity index (χ0) is 27.0. The van der Waals surface area contributed by atoms with Gasteiger partial charge in [0.05, 0.1) is 12.1 Å². The number of carbonyl (C=O) groups is 3. The third-order valence-corrected chi connectivity index (χ3v) is 7.33. The number of likely N-dealkylation sites (tertiary alicyclic amines) is 1. The van der Waals surface area contributed by atoms with Crippen LogP contribution in [0.3, 0.4) is 0 Å². The summed E-state index contributed by atoms with van der Waals surface area (Å²) in [5.74, 6) is -1.43. The minimum atomic E-state index is -1.34. The predicted octanol–water partition coefficient (Wildman–Crippen LogP) is 2.59. The molecule has 2 aliphatic rings. The smallest absolute Gasteiger partial charge is 0.269 e. The molecule has 12 heteroatoms. The quantitative estimate of drug-likeness (QED) is 0.429. The summed E-state index contributed by atoms with van der Waals surface area (Å²) >= 11 is 3.24. The summed E-state index contributed by atoms with van der Waals surface area (Å²) in [4.78, 5) is 46.0. The number of benzene rings is 1. The Morgan fingerprint density at radius 1 is 1.24 bits per heavy atom. The van der Waals surface area contributed by atoms with Gasteiger partial charge in [0.2, 0.25) is 11.8 Å². The molecule has 3 N–H and O–H groups in total. The maximum absolute atomic E-state index is 14.4. The number of alkyl halides is 1. The Balaban J connectivity index is 1.39. The zero-order valence-corrected chi connectivity index (χ0v) is 22.3. The number of nitrogens with zero attached hydrogens (tertiary/aromatic N) is 5. The molecule has 4 heterocycles.